The van der Waals surface area contributed by atoms with Gasteiger partial charge in [-0.2, -0.15) is 4.31 Å². The smallest absolute Gasteiger partial charge is 0.243 e. The number of H-pyrrole nitrogens is 1. The highest BCUT2D eigenvalue weighted by Crippen LogP contribution is 2.29. The summed E-state index contributed by atoms with van der Waals surface area (Å²) >= 11 is 0. The number of halogens is 1. The van der Waals surface area contributed by atoms with Crippen molar-refractivity contribution in [3.63, 3.8) is 0 Å². The van der Waals surface area contributed by atoms with Crippen molar-refractivity contribution in [3.05, 3.63) is 90.4 Å². The molecule has 1 aliphatic heterocycles. The highest BCUT2D eigenvalue weighted by Gasteiger charge is 2.38. The van der Waals surface area contributed by atoms with Crippen LogP contribution in [-0.2, 0) is 21.2 Å². The molecule has 1 aromatic heterocycles. The fourth-order valence-corrected chi connectivity index (χ4v) is 6.34. The van der Waals surface area contributed by atoms with Gasteiger partial charge in [-0.15, -0.1) is 0 Å². The maximum atomic E-state index is 13.2. The zero-order chi connectivity index (χ0) is 23.7. The molecule has 1 saturated heterocycles. The van der Waals surface area contributed by atoms with E-state index in [9.17, 15) is 17.6 Å². The number of hydrogen-bond acceptors (Lipinski definition) is 3. The molecular formula is C27H25FN2O3S. The van der Waals surface area contributed by atoms with Gasteiger partial charge >= 0.3 is 0 Å². The van der Waals surface area contributed by atoms with Crippen molar-refractivity contribution < 1.29 is 17.6 Å². The Kier molecular flexibility index (Phi) is 6.06. The van der Waals surface area contributed by atoms with E-state index in [0.29, 0.717) is 25.8 Å². The van der Waals surface area contributed by atoms with Gasteiger partial charge in [-0.25, -0.2) is 12.8 Å². The molecule has 1 atom stereocenters. The lowest BCUT2D eigenvalue weighted by Crippen LogP contribution is -2.40. The number of rotatable bonds is 7. The van der Waals surface area contributed by atoms with E-state index in [0.717, 1.165) is 39.7 Å². The Balaban J connectivity index is 1.29. The molecule has 0 aliphatic carbocycles. The second-order valence-corrected chi connectivity index (χ2v) is 10.6. The molecule has 0 amide bonds. The lowest BCUT2D eigenvalue weighted by atomic mass is 9.98. The summed E-state index contributed by atoms with van der Waals surface area (Å²) in [5.41, 5.74) is 4.30. The van der Waals surface area contributed by atoms with Gasteiger partial charge in [0.05, 0.1) is 10.9 Å². The number of ketones is 1. The third-order valence-electron chi connectivity index (χ3n) is 6.47. The molecule has 7 heteroatoms. The van der Waals surface area contributed by atoms with E-state index >= 15 is 0 Å². The van der Waals surface area contributed by atoms with Crippen LogP contribution in [0.2, 0.25) is 0 Å². The van der Waals surface area contributed by atoms with Gasteiger partial charge < -0.3 is 4.98 Å². The third-order valence-corrected chi connectivity index (χ3v) is 8.39. The predicted molar refractivity (Wildman–Crippen MR) is 130 cm³/mol. The number of nitrogens with zero attached hydrogens (tertiary/aromatic N) is 1. The molecule has 174 valence electrons. The lowest BCUT2D eigenvalue weighted by Gasteiger charge is -2.23. The van der Waals surface area contributed by atoms with Gasteiger partial charge in [0.15, 0.2) is 5.78 Å². The number of fused-ring (bicyclic) bond motifs is 1. The standard InChI is InChI=1S/C27H25FN2O3S/c28-23-8-10-24(11-9-23)34(32,33)30-16-2-5-26(30)27(31)13-6-19-3-1-4-20(17-19)21-7-12-25-22(18-21)14-15-29-25/h1,3-4,7-12,14-15,17-18,26,29H,2,5-6,13,16H2/t26-/m0/s1. The average molecular weight is 477 g/mol. The van der Waals surface area contributed by atoms with Crippen LogP contribution in [0.3, 0.4) is 0 Å². The summed E-state index contributed by atoms with van der Waals surface area (Å²) in [5, 5.41) is 1.14. The van der Waals surface area contributed by atoms with Crippen LogP contribution in [0.4, 0.5) is 4.39 Å². The van der Waals surface area contributed by atoms with Gasteiger partial charge in [-0.1, -0.05) is 30.3 Å². The van der Waals surface area contributed by atoms with Crippen LogP contribution >= 0.6 is 0 Å². The van der Waals surface area contributed by atoms with Gasteiger partial charge in [-0.05, 0) is 83.8 Å². The van der Waals surface area contributed by atoms with E-state index in [2.05, 4.69) is 29.2 Å². The Bertz CT molecular complexity index is 1440. The van der Waals surface area contributed by atoms with Crippen LogP contribution < -0.4 is 0 Å². The molecule has 1 aliphatic rings. The summed E-state index contributed by atoms with van der Waals surface area (Å²) in [4.78, 5) is 16.3. The normalized spacial score (nSPS) is 16.8. The van der Waals surface area contributed by atoms with Gasteiger partial charge in [0, 0.05) is 24.7 Å². The molecule has 0 bridgehead atoms. The largest absolute Gasteiger partial charge is 0.361 e. The zero-order valence-corrected chi connectivity index (χ0v) is 19.4. The number of benzene rings is 3. The number of aromatic nitrogens is 1. The van der Waals surface area contributed by atoms with Crippen LogP contribution in [0, 0.1) is 5.82 Å². The summed E-state index contributed by atoms with van der Waals surface area (Å²) in [6.07, 6.45) is 3.86. The minimum Gasteiger partial charge on any atom is -0.361 e. The van der Waals surface area contributed by atoms with Crippen LogP contribution in [0.5, 0.6) is 0 Å². The number of nitrogens with one attached hydrogen (secondary N) is 1. The number of aromatic amines is 1. The molecule has 4 aromatic rings. The van der Waals surface area contributed by atoms with E-state index in [4.69, 9.17) is 0 Å². The van der Waals surface area contributed by atoms with Crippen molar-refractivity contribution in [2.75, 3.05) is 6.54 Å². The Morgan fingerprint density at radius 3 is 2.62 bits per heavy atom. The second kappa shape index (κ2) is 9.16. The van der Waals surface area contributed by atoms with Gasteiger partial charge in [0.2, 0.25) is 10.0 Å². The molecule has 5 nitrogen and oxygen atoms in total. The molecule has 2 heterocycles. The van der Waals surface area contributed by atoms with Crippen molar-refractivity contribution in [2.45, 2.75) is 36.6 Å². The van der Waals surface area contributed by atoms with Crippen molar-refractivity contribution in [1.82, 2.24) is 9.29 Å². The highest BCUT2D eigenvalue weighted by atomic mass is 32.2. The summed E-state index contributed by atoms with van der Waals surface area (Å²) < 4.78 is 40.6. The zero-order valence-electron chi connectivity index (χ0n) is 18.6. The Morgan fingerprint density at radius 2 is 1.79 bits per heavy atom. The molecule has 34 heavy (non-hydrogen) atoms. The van der Waals surface area contributed by atoms with Crippen LogP contribution in [-0.4, -0.2) is 36.1 Å². The molecule has 0 spiro atoms. The third kappa shape index (κ3) is 4.41. The number of sulfonamides is 1. The quantitative estimate of drug-likeness (QED) is 0.392. The van der Waals surface area contributed by atoms with Crippen molar-refractivity contribution in [1.29, 1.82) is 0 Å². The first-order valence-corrected chi connectivity index (χ1v) is 12.8. The van der Waals surface area contributed by atoms with E-state index in [1.807, 2.05) is 30.5 Å². The van der Waals surface area contributed by atoms with E-state index < -0.39 is 21.9 Å². The summed E-state index contributed by atoms with van der Waals surface area (Å²) in [7, 11) is -3.85. The first-order valence-electron chi connectivity index (χ1n) is 11.4. The fourth-order valence-electron chi connectivity index (χ4n) is 4.66. The summed E-state index contributed by atoms with van der Waals surface area (Å²) in [6.45, 7) is 0.299. The van der Waals surface area contributed by atoms with E-state index in [-0.39, 0.29) is 17.1 Å². The lowest BCUT2D eigenvalue weighted by molar-refractivity contribution is -0.122. The van der Waals surface area contributed by atoms with Gasteiger partial charge in [0.1, 0.15) is 5.82 Å². The number of carbonyl (C=O) groups is 1. The number of aryl methyl sites for hydroxylation is 1. The van der Waals surface area contributed by atoms with E-state index in [1.54, 1.807) is 0 Å². The van der Waals surface area contributed by atoms with Crippen molar-refractivity contribution in [3.8, 4) is 11.1 Å². The van der Waals surface area contributed by atoms with Crippen molar-refractivity contribution >= 4 is 26.7 Å². The summed E-state index contributed by atoms with van der Waals surface area (Å²) in [5.74, 6) is -0.578. The topological polar surface area (TPSA) is 70.2 Å². The monoisotopic (exact) mass is 476 g/mol. The second-order valence-electron chi connectivity index (χ2n) is 8.67. The first-order chi connectivity index (χ1) is 16.4. The average Bonchev–Trinajstić information content (AvgIpc) is 3.53. The van der Waals surface area contributed by atoms with Gasteiger partial charge in [0.25, 0.3) is 0 Å². The summed E-state index contributed by atoms with van der Waals surface area (Å²) in [6, 6.07) is 20.5. The minimum absolute atomic E-state index is 0.0145. The molecule has 5 rings (SSSR count). The fraction of sp³-hybridized carbons (Fsp3) is 0.222. The van der Waals surface area contributed by atoms with Crippen molar-refractivity contribution in [2.24, 2.45) is 0 Å². The number of carbonyl (C=O) groups excluding carboxylic acids is 1. The maximum absolute atomic E-state index is 13.2. The molecule has 0 saturated carbocycles. The Morgan fingerprint density at radius 1 is 1.00 bits per heavy atom. The molecule has 0 unspecified atom stereocenters. The van der Waals surface area contributed by atoms with E-state index in [1.165, 1.54) is 16.4 Å². The Labute approximate surface area is 198 Å². The molecule has 1 N–H and O–H groups in total. The van der Waals surface area contributed by atoms with Crippen LogP contribution in [0.15, 0.2) is 83.9 Å². The SMILES string of the molecule is O=C(CCc1cccc(-c2ccc3[nH]ccc3c2)c1)[C@@H]1CCCN1S(=O)(=O)c1ccc(F)cc1. The van der Waals surface area contributed by atoms with Gasteiger partial charge in [-0.3, -0.25) is 4.79 Å². The van der Waals surface area contributed by atoms with Crippen LogP contribution in [0.1, 0.15) is 24.8 Å². The Hall–Kier alpha value is -3.29. The molecule has 1 fully saturated rings. The highest BCUT2D eigenvalue weighted by molar-refractivity contribution is 7.89. The predicted octanol–water partition coefficient (Wildman–Crippen LogP) is 5.33. The molecular weight excluding hydrogens is 451 g/mol. The van der Waals surface area contributed by atoms with Crippen LogP contribution in [0.25, 0.3) is 22.0 Å². The molecule has 0 radical (unpaired) electrons. The maximum Gasteiger partial charge on any atom is 0.243 e. The number of hydrogen-bond donors (Lipinski definition) is 1. The minimum atomic E-state index is -3.85. The molecule has 3 aromatic carbocycles. The first kappa shape index (κ1) is 22.5. The number of Topliss-reactive ketones (excluding diaryl/α,β-unsaturated/α-hetero) is 1.